The Labute approximate surface area is 180 Å². The highest BCUT2D eigenvalue weighted by atomic mass is 14.4. The summed E-state index contributed by atoms with van der Waals surface area (Å²) in [5.74, 6) is 5.13. The third kappa shape index (κ3) is 5.36. The maximum atomic E-state index is 2.55. The van der Waals surface area contributed by atoms with Crippen molar-refractivity contribution < 1.29 is 0 Å². The molecule has 0 nitrogen and oxygen atoms in total. The summed E-state index contributed by atoms with van der Waals surface area (Å²) < 4.78 is 0. The van der Waals surface area contributed by atoms with Crippen LogP contribution in [0.25, 0.3) is 0 Å². The average Bonchev–Trinajstić information content (AvgIpc) is 2.77. The van der Waals surface area contributed by atoms with Crippen LogP contribution < -0.4 is 0 Å². The Balaban J connectivity index is 1.29. The van der Waals surface area contributed by atoms with E-state index in [1.807, 2.05) is 0 Å². The molecular weight excluding hydrogens is 348 g/mol. The Morgan fingerprint density at radius 3 is 2.52 bits per heavy atom. The van der Waals surface area contributed by atoms with Gasteiger partial charge in [0.2, 0.25) is 0 Å². The Morgan fingerprint density at radius 1 is 0.897 bits per heavy atom. The van der Waals surface area contributed by atoms with E-state index in [0.29, 0.717) is 0 Å². The van der Waals surface area contributed by atoms with Crippen molar-refractivity contribution in [1.82, 2.24) is 0 Å². The molecule has 0 amide bonds. The van der Waals surface area contributed by atoms with Gasteiger partial charge in [0.1, 0.15) is 0 Å². The largest absolute Gasteiger partial charge is 0.0917 e. The molecule has 0 aliphatic heterocycles. The molecular formula is C29H44. The molecule has 3 unspecified atom stereocenters. The normalized spacial score (nSPS) is 32.1. The maximum Gasteiger partial charge on any atom is -0.0245 e. The minimum Gasteiger partial charge on any atom is -0.0917 e. The molecule has 0 spiro atoms. The molecule has 0 bridgehead atoms. The van der Waals surface area contributed by atoms with E-state index in [1.165, 1.54) is 77.0 Å². The molecule has 160 valence electrons. The molecule has 0 radical (unpaired) electrons. The lowest BCUT2D eigenvalue weighted by atomic mass is 9.61. The third-order valence-corrected chi connectivity index (χ3v) is 8.76. The first-order chi connectivity index (χ1) is 14.3. The van der Waals surface area contributed by atoms with Gasteiger partial charge in [-0.3, -0.25) is 0 Å². The van der Waals surface area contributed by atoms with Gasteiger partial charge < -0.3 is 0 Å². The minimum atomic E-state index is 0.970. The molecule has 2 saturated carbocycles. The summed E-state index contributed by atoms with van der Waals surface area (Å²) in [5.41, 5.74) is 4.96. The van der Waals surface area contributed by atoms with Crippen molar-refractivity contribution in [2.24, 2.45) is 29.6 Å². The van der Waals surface area contributed by atoms with Gasteiger partial charge in [-0.25, -0.2) is 0 Å². The number of unbranched alkanes of at least 4 members (excludes halogenated alkanes) is 1. The van der Waals surface area contributed by atoms with E-state index < -0.39 is 0 Å². The second kappa shape index (κ2) is 10.3. The number of fused-ring (bicyclic) bond motifs is 2. The van der Waals surface area contributed by atoms with Gasteiger partial charge in [-0.15, -0.1) is 0 Å². The van der Waals surface area contributed by atoms with E-state index in [2.05, 4.69) is 44.2 Å². The predicted octanol–water partition coefficient (Wildman–Crippen LogP) is 8.32. The molecule has 0 heterocycles. The van der Waals surface area contributed by atoms with Crippen molar-refractivity contribution in [3.05, 3.63) is 47.0 Å². The minimum absolute atomic E-state index is 0.970. The SMILES string of the molecule is CC=CCC[C@@H]1CC[C@@H]2CC(C3CCc4cc(CCCC)ccc4C3)CCC2C1. The van der Waals surface area contributed by atoms with Gasteiger partial charge in [0.15, 0.2) is 0 Å². The average molecular weight is 393 g/mol. The fourth-order valence-corrected chi connectivity index (χ4v) is 6.99. The Hall–Kier alpha value is -1.04. The summed E-state index contributed by atoms with van der Waals surface area (Å²) in [6.45, 7) is 4.46. The van der Waals surface area contributed by atoms with Crippen LogP contribution in [0, 0.1) is 29.6 Å². The highest BCUT2D eigenvalue weighted by molar-refractivity contribution is 5.34. The lowest BCUT2D eigenvalue weighted by molar-refractivity contribution is 0.0699. The second-order valence-corrected chi connectivity index (χ2v) is 10.6. The first-order valence-corrected chi connectivity index (χ1v) is 13.0. The lowest BCUT2D eigenvalue weighted by Gasteiger charge is -2.45. The second-order valence-electron chi connectivity index (χ2n) is 10.6. The van der Waals surface area contributed by atoms with Gasteiger partial charge in [0.25, 0.3) is 0 Å². The Bertz CT molecular complexity index is 669. The molecule has 0 heteroatoms. The first-order valence-electron chi connectivity index (χ1n) is 13.0. The number of allylic oxidation sites excluding steroid dienone is 2. The first kappa shape index (κ1) is 21.2. The van der Waals surface area contributed by atoms with Gasteiger partial charge in [0, 0.05) is 0 Å². The van der Waals surface area contributed by atoms with Crippen molar-refractivity contribution in [2.75, 3.05) is 0 Å². The number of hydrogen-bond donors (Lipinski definition) is 0. The van der Waals surface area contributed by atoms with Crippen molar-refractivity contribution >= 4 is 0 Å². The van der Waals surface area contributed by atoms with Crippen LogP contribution in [0.2, 0.25) is 0 Å². The molecule has 4 rings (SSSR count). The smallest absolute Gasteiger partial charge is 0.0245 e. The topological polar surface area (TPSA) is 0 Å². The van der Waals surface area contributed by atoms with Gasteiger partial charge in [-0.2, -0.15) is 0 Å². The summed E-state index contributed by atoms with van der Waals surface area (Å²) in [7, 11) is 0. The van der Waals surface area contributed by atoms with E-state index in [-0.39, 0.29) is 0 Å². The zero-order valence-electron chi connectivity index (χ0n) is 19.2. The van der Waals surface area contributed by atoms with Crippen LogP contribution in [0.5, 0.6) is 0 Å². The van der Waals surface area contributed by atoms with Crippen LogP contribution in [0.1, 0.15) is 101 Å². The van der Waals surface area contributed by atoms with Gasteiger partial charge in [-0.1, -0.05) is 50.1 Å². The highest BCUT2D eigenvalue weighted by Gasteiger charge is 2.38. The van der Waals surface area contributed by atoms with E-state index in [9.17, 15) is 0 Å². The van der Waals surface area contributed by atoms with Crippen molar-refractivity contribution in [3.63, 3.8) is 0 Å². The molecule has 2 fully saturated rings. The molecule has 0 saturated heterocycles. The fraction of sp³-hybridized carbons (Fsp3) is 0.724. The van der Waals surface area contributed by atoms with E-state index in [0.717, 1.165) is 29.6 Å². The molecule has 29 heavy (non-hydrogen) atoms. The summed E-state index contributed by atoms with van der Waals surface area (Å²) in [6.07, 6.45) is 24.6. The molecule has 0 N–H and O–H groups in total. The standard InChI is InChI=1S/C29H44/c1-3-5-7-9-23-11-13-27-21-29(17-15-25(27)19-23)28-16-14-24-18-22(8-6-4-2)10-12-26(24)20-28/h3,5,10,12,18,23,25,27-29H,4,6-9,11,13-17,19-21H2,1-2H3/t23-,25?,27-,28?,29?/m1/s1. The summed E-state index contributed by atoms with van der Waals surface area (Å²) in [4.78, 5) is 0. The van der Waals surface area contributed by atoms with Gasteiger partial charge in [-0.05, 0) is 130 Å². The van der Waals surface area contributed by atoms with Crippen molar-refractivity contribution in [2.45, 2.75) is 104 Å². The number of benzene rings is 1. The monoisotopic (exact) mass is 392 g/mol. The number of rotatable bonds is 7. The zero-order valence-corrected chi connectivity index (χ0v) is 19.2. The lowest BCUT2D eigenvalue weighted by Crippen LogP contribution is -2.35. The molecule has 1 aromatic carbocycles. The van der Waals surface area contributed by atoms with Gasteiger partial charge in [0.05, 0.1) is 0 Å². The predicted molar refractivity (Wildman–Crippen MR) is 126 cm³/mol. The van der Waals surface area contributed by atoms with E-state index in [4.69, 9.17) is 0 Å². The fourth-order valence-electron chi connectivity index (χ4n) is 6.99. The number of aryl methyl sites for hydroxylation is 2. The number of hydrogen-bond acceptors (Lipinski definition) is 0. The van der Waals surface area contributed by atoms with Crippen molar-refractivity contribution in [3.8, 4) is 0 Å². The Morgan fingerprint density at radius 2 is 1.69 bits per heavy atom. The molecule has 1 aromatic rings. The van der Waals surface area contributed by atoms with Crippen LogP contribution in [0.4, 0.5) is 0 Å². The van der Waals surface area contributed by atoms with Crippen molar-refractivity contribution in [1.29, 1.82) is 0 Å². The maximum absolute atomic E-state index is 2.55. The third-order valence-electron chi connectivity index (χ3n) is 8.76. The zero-order chi connectivity index (χ0) is 20.1. The van der Waals surface area contributed by atoms with Gasteiger partial charge >= 0.3 is 0 Å². The quantitative estimate of drug-likeness (QED) is 0.409. The van der Waals surface area contributed by atoms with E-state index in [1.54, 1.807) is 29.5 Å². The molecule has 3 aliphatic carbocycles. The Kier molecular flexibility index (Phi) is 7.54. The van der Waals surface area contributed by atoms with Crippen LogP contribution in [-0.4, -0.2) is 0 Å². The molecule has 0 aromatic heterocycles. The van der Waals surface area contributed by atoms with Crippen LogP contribution >= 0.6 is 0 Å². The molecule has 5 atom stereocenters. The molecule has 3 aliphatic rings. The van der Waals surface area contributed by atoms with Crippen LogP contribution in [-0.2, 0) is 19.3 Å². The van der Waals surface area contributed by atoms with Crippen LogP contribution in [0.3, 0.4) is 0 Å². The summed E-state index contributed by atoms with van der Waals surface area (Å²) in [6, 6.07) is 7.48. The summed E-state index contributed by atoms with van der Waals surface area (Å²) >= 11 is 0. The summed E-state index contributed by atoms with van der Waals surface area (Å²) in [5, 5.41) is 0. The highest BCUT2D eigenvalue weighted by Crippen LogP contribution is 2.49. The van der Waals surface area contributed by atoms with E-state index >= 15 is 0 Å². The van der Waals surface area contributed by atoms with Crippen LogP contribution in [0.15, 0.2) is 30.4 Å².